The first kappa shape index (κ1) is 16.6. The van der Waals surface area contributed by atoms with Gasteiger partial charge in [-0.25, -0.2) is 4.79 Å². The molecule has 1 atom stereocenters. The summed E-state index contributed by atoms with van der Waals surface area (Å²) in [6, 6.07) is 0.0326. The molecule has 0 saturated heterocycles. The minimum atomic E-state index is -1.16. The molecule has 0 saturated carbocycles. The molecule has 9 heteroatoms. The van der Waals surface area contributed by atoms with Crippen molar-refractivity contribution in [3.8, 4) is 0 Å². The lowest BCUT2D eigenvalue weighted by atomic mass is 10.1. The van der Waals surface area contributed by atoms with Gasteiger partial charge in [-0.05, 0) is 12.8 Å². The Bertz CT molecular complexity index is 539. The van der Waals surface area contributed by atoms with Crippen LogP contribution in [0.2, 0.25) is 0 Å². The van der Waals surface area contributed by atoms with E-state index < -0.39 is 22.8 Å². The fraction of sp³-hybridized carbons (Fsp3) is 0.500. The van der Waals surface area contributed by atoms with Gasteiger partial charge in [0.25, 0.3) is 11.6 Å². The number of nitro groups is 1. The number of carbonyl (C=O) groups is 2. The topological polar surface area (TPSA) is 124 Å². The van der Waals surface area contributed by atoms with E-state index >= 15 is 0 Å². The first-order chi connectivity index (χ1) is 9.86. The number of nitrogens with zero attached hydrogens (tertiary/aromatic N) is 2. The number of amides is 1. The lowest BCUT2D eigenvalue weighted by molar-refractivity contribution is -0.384. The van der Waals surface area contributed by atoms with Crippen molar-refractivity contribution in [2.75, 3.05) is 13.7 Å². The highest BCUT2D eigenvalue weighted by molar-refractivity contribution is 5.96. The lowest BCUT2D eigenvalue weighted by Gasteiger charge is -2.14. The van der Waals surface area contributed by atoms with Crippen LogP contribution in [-0.2, 0) is 16.6 Å². The monoisotopic (exact) mass is 299 g/mol. The second-order valence-electron chi connectivity index (χ2n) is 4.45. The average molecular weight is 299 g/mol. The maximum atomic E-state index is 12.0. The predicted molar refractivity (Wildman–Crippen MR) is 72.1 cm³/mol. The number of methoxy groups -OCH3 is 1. The van der Waals surface area contributed by atoms with E-state index in [1.165, 1.54) is 24.9 Å². The van der Waals surface area contributed by atoms with Crippen LogP contribution in [0.15, 0.2) is 12.3 Å². The average Bonchev–Trinajstić information content (AvgIpc) is 2.80. The molecule has 1 unspecified atom stereocenters. The molecule has 1 amide bonds. The van der Waals surface area contributed by atoms with Crippen LogP contribution in [0.5, 0.6) is 0 Å². The van der Waals surface area contributed by atoms with Crippen LogP contribution in [0.3, 0.4) is 0 Å². The molecule has 0 aliphatic carbocycles. The van der Waals surface area contributed by atoms with E-state index in [9.17, 15) is 19.7 Å². The van der Waals surface area contributed by atoms with Crippen LogP contribution in [0.25, 0.3) is 0 Å². The van der Waals surface area contributed by atoms with Crippen molar-refractivity contribution in [3.63, 3.8) is 0 Å². The summed E-state index contributed by atoms with van der Waals surface area (Å²) in [4.78, 5) is 33.1. The minimum absolute atomic E-state index is 0.0275. The Labute approximate surface area is 120 Å². The normalized spacial score (nSPS) is 11.9. The number of ether oxygens (including phenoxy) is 1. The summed E-state index contributed by atoms with van der Waals surface area (Å²) in [5, 5.41) is 22.1. The standard InChI is InChI=1S/C12H17N3O6/c1-14-7-8(15(19)20)6-10(14)11(16)13-9(12(17)18)4-3-5-21-2/h6-7,9H,3-5H2,1-2H3,(H,13,16)(H,17,18). The molecule has 1 aromatic rings. The number of nitrogens with one attached hydrogen (secondary N) is 1. The van der Waals surface area contributed by atoms with Crippen molar-refractivity contribution in [3.05, 3.63) is 28.1 Å². The number of aryl methyl sites for hydroxylation is 1. The number of hydrogen-bond acceptors (Lipinski definition) is 5. The Balaban J connectivity index is 2.77. The van der Waals surface area contributed by atoms with E-state index in [-0.39, 0.29) is 17.8 Å². The van der Waals surface area contributed by atoms with Gasteiger partial charge in [-0.2, -0.15) is 0 Å². The van der Waals surface area contributed by atoms with Gasteiger partial charge >= 0.3 is 5.97 Å². The summed E-state index contributed by atoms with van der Waals surface area (Å²) in [7, 11) is 2.97. The van der Waals surface area contributed by atoms with E-state index in [1.807, 2.05) is 0 Å². The van der Waals surface area contributed by atoms with Crippen molar-refractivity contribution in [2.45, 2.75) is 18.9 Å². The summed E-state index contributed by atoms with van der Waals surface area (Å²) in [6.45, 7) is 0.384. The number of aromatic nitrogens is 1. The van der Waals surface area contributed by atoms with Crippen molar-refractivity contribution in [2.24, 2.45) is 7.05 Å². The molecule has 1 rings (SSSR count). The Morgan fingerprint density at radius 1 is 1.57 bits per heavy atom. The molecule has 1 aromatic heterocycles. The van der Waals surface area contributed by atoms with Gasteiger partial charge in [0.1, 0.15) is 11.7 Å². The van der Waals surface area contributed by atoms with E-state index in [0.717, 1.165) is 6.07 Å². The van der Waals surface area contributed by atoms with Crippen molar-refractivity contribution in [1.29, 1.82) is 0 Å². The third-order valence-corrected chi connectivity index (χ3v) is 2.88. The van der Waals surface area contributed by atoms with Crippen LogP contribution >= 0.6 is 0 Å². The summed E-state index contributed by atoms with van der Waals surface area (Å²) in [5.41, 5.74) is -0.200. The molecule has 0 fully saturated rings. The molecule has 2 N–H and O–H groups in total. The molecule has 0 spiro atoms. The summed E-state index contributed by atoms with van der Waals surface area (Å²) in [5.74, 6) is -1.83. The zero-order valence-electron chi connectivity index (χ0n) is 11.7. The van der Waals surface area contributed by atoms with Crippen LogP contribution in [-0.4, -0.2) is 46.2 Å². The Hall–Kier alpha value is -2.42. The second-order valence-corrected chi connectivity index (χ2v) is 4.45. The highest BCUT2D eigenvalue weighted by Crippen LogP contribution is 2.15. The second kappa shape index (κ2) is 7.39. The zero-order valence-corrected chi connectivity index (χ0v) is 11.7. The molecule has 9 nitrogen and oxygen atoms in total. The Morgan fingerprint density at radius 3 is 2.71 bits per heavy atom. The van der Waals surface area contributed by atoms with Crippen LogP contribution in [0, 0.1) is 10.1 Å². The zero-order chi connectivity index (χ0) is 16.0. The molecule has 0 bridgehead atoms. The van der Waals surface area contributed by atoms with Crippen molar-refractivity contribution < 1.29 is 24.4 Å². The Kier molecular flexibility index (Phi) is 5.85. The van der Waals surface area contributed by atoms with Crippen molar-refractivity contribution in [1.82, 2.24) is 9.88 Å². The first-order valence-corrected chi connectivity index (χ1v) is 6.20. The van der Waals surface area contributed by atoms with Gasteiger partial charge in [0, 0.05) is 26.8 Å². The molecule has 0 aliphatic heterocycles. The van der Waals surface area contributed by atoms with E-state index in [0.29, 0.717) is 13.0 Å². The maximum Gasteiger partial charge on any atom is 0.326 e. The molecule has 0 radical (unpaired) electrons. The number of rotatable bonds is 8. The fourth-order valence-corrected chi connectivity index (χ4v) is 1.79. The molecule has 1 heterocycles. The number of carbonyl (C=O) groups excluding carboxylic acids is 1. The van der Waals surface area contributed by atoms with Crippen LogP contribution in [0.1, 0.15) is 23.3 Å². The molecule has 116 valence electrons. The third kappa shape index (κ3) is 4.56. The minimum Gasteiger partial charge on any atom is -0.480 e. The number of carboxylic acids is 1. The lowest BCUT2D eigenvalue weighted by Crippen LogP contribution is -2.41. The largest absolute Gasteiger partial charge is 0.480 e. The maximum absolute atomic E-state index is 12.0. The van der Waals surface area contributed by atoms with Crippen LogP contribution < -0.4 is 5.32 Å². The van der Waals surface area contributed by atoms with E-state index in [1.54, 1.807) is 0 Å². The van der Waals surface area contributed by atoms with Gasteiger partial charge in [-0.1, -0.05) is 0 Å². The highest BCUT2D eigenvalue weighted by Gasteiger charge is 2.23. The number of carboxylic acid groups (broad SMARTS) is 1. The van der Waals surface area contributed by atoms with Gasteiger partial charge < -0.3 is 19.7 Å². The van der Waals surface area contributed by atoms with E-state index in [2.05, 4.69) is 5.32 Å². The van der Waals surface area contributed by atoms with Crippen LogP contribution in [0.4, 0.5) is 5.69 Å². The van der Waals surface area contributed by atoms with Gasteiger partial charge in [0.05, 0.1) is 11.1 Å². The van der Waals surface area contributed by atoms with E-state index in [4.69, 9.17) is 9.84 Å². The molecule has 0 aliphatic rings. The SMILES string of the molecule is COCCCC(NC(=O)c1cc([N+](=O)[O-])cn1C)C(=O)O. The summed E-state index contributed by atoms with van der Waals surface area (Å²) < 4.78 is 6.10. The molecular weight excluding hydrogens is 282 g/mol. The quantitative estimate of drug-likeness (QED) is 0.410. The van der Waals surface area contributed by atoms with Gasteiger partial charge in [-0.3, -0.25) is 14.9 Å². The fourth-order valence-electron chi connectivity index (χ4n) is 1.79. The third-order valence-electron chi connectivity index (χ3n) is 2.88. The number of hydrogen-bond donors (Lipinski definition) is 2. The Morgan fingerprint density at radius 2 is 2.24 bits per heavy atom. The first-order valence-electron chi connectivity index (χ1n) is 6.20. The number of aliphatic carboxylic acids is 1. The summed E-state index contributed by atoms with van der Waals surface area (Å²) >= 11 is 0. The molecular formula is C12H17N3O6. The van der Waals surface area contributed by atoms with Gasteiger partial charge in [0.15, 0.2) is 0 Å². The smallest absolute Gasteiger partial charge is 0.326 e. The molecule has 0 aromatic carbocycles. The molecule has 21 heavy (non-hydrogen) atoms. The summed E-state index contributed by atoms with van der Waals surface area (Å²) in [6.07, 6.45) is 1.87. The van der Waals surface area contributed by atoms with Gasteiger partial charge in [-0.15, -0.1) is 0 Å². The predicted octanol–water partition coefficient (Wildman–Crippen LogP) is 0.543. The highest BCUT2D eigenvalue weighted by atomic mass is 16.6. The van der Waals surface area contributed by atoms with Crippen molar-refractivity contribution >= 4 is 17.6 Å². The van der Waals surface area contributed by atoms with Gasteiger partial charge in [0.2, 0.25) is 0 Å².